The molecule has 0 aromatic carbocycles. The Balaban J connectivity index is 2.20. The minimum atomic E-state index is -0.321. The number of amides is 1. The number of anilines is 1. The summed E-state index contributed by atoms with van der Waals surface area (Å²) in [6.07, 6.45) is 2.85. The summed E-state index contributed by atoms with van der Waals surface area (Å²) < 4.78 is 0. The van der Waals surface area contributed by atoms with Gasteiger partial charge < -0.3 is 5.32 Å². The summed E-state index contributed by atoms with van der Waals surface area (Å²) in [7, 11) is 0. The summed E-state index contributed by atoms with van der Waals surface area (Å²) in [4.78, 5) is 23.5. The summed E-state index contributed by atoms with van der Waals surface area (Å²) in [6, 6.07) is 5.06. The van der Waals surface area contributed by atoms with Crippen molar-refractivity contribution in [2.45, 2.75) is 6.92 Å². The van der Waals surface area contributed by atoms with E-state index in [1.165, 1.54) is 12.4 Å². The summed E-state index contributed by atoms with van der Waals surface area (Å²) in [5.74, 6) is 0.0259. The van der Waals surface area contributed by atoms with E-state index in [0.717, 1.165) is 5.56 Å². The van der Waals surface area contributed by atoms with Crippen LogP contribution in [0.25, 0.3) is 0 Å². The Morgan fingerprint density at radius 3 is 2.88 bits per heavy atom. The first-order valence-electron chi connectivity index (χ1n) is 4.87. The average Bonchev–Trinajstić information content (AvgIpc) is 2.29. The number of pyridine rings is 1. The Kier molecular flexibility index (Phi) is 3.30. The van der Waals surface area contributed by atoms with Crippen molar-refractivity contribution in [2.24, 2.45) is 0 Å². The molecule has 0 atom stereocenters. The first-order valence-corrected chi connectivity index (χ1v) is 5.25. The molecule has 1 N–H and O–H groups in total. The molecule has 6 heteroatoms. The van der Waals surface area contributed by atoms with E-state index in [1.807, 2.05) is 13.0 Å². The molecule has 86 valence electrons. The highest BCUT2D eigenvalue weighted by Crippen LogP contribution is 2.11. The zero-order valence-electron chi connectivity index (χ0n) is 9.01. The van der Waals surface area contributed by atoms with Gasteiger partial charge in [-0.2, -0.15) is 0 Å². The Morgan fingerprint density at radius 1 is 1.35 bits per heavy atom. The van der Waals surface area contributed by atoms with Crippen LogP contribution in [0.4, 0.5) is 5.82 Å². The molecule has 5 nitrogen and oxygen atoms in total. The monoisotopic (exact) mass is 248 g/mol. The largest absolute Gasteiger partial charge is 0.305 e. The summed E-state index contributed by atoms with van der Waals surface area (Å²) in [5.41, 5.74) is 1.16. The number of hydrogen-bond donors (Lipinski definition) is 1. The molecule has 0 fully saturated rings. The number of nitrogens with one attached hydrogen (secondary N) is 1. The van der Waals surface area contributed by atoms with E-state index in [2.05, 4.69) is 20.3 Å². The van der Waals surface area contributed by atoms with Gasteiger partial charge >= 0.3 is 0 Å². The number of nitrogens with zero attached hydrogens (tertiary/aromatic N) is 3. The summed E-state index contributed by atoms with van der Waals surface area (Å²) >= 11 is 5.69. The summed E-state index contributed by atoms with van der Waals surface area (Å²) in [6.45, 7) is 1.81. The normalized spacial score (nSPS) is 10.0. The van der Waals surface area contributed by atoms with Crippen LogP contribution in [0.3, 0.4) is 0 Å². The zero-order valence-corrected chi connectivity index (χ0v) is 9.77. The van der Waals surface area contributed by atoms with Gasteiger partial charge in [-0.3, -0.25) is 9.78 Å². The number of carbonyl (C=O) groups is 1. The molecule has 0 spiro atoms. The topological polar surface area (TPSA) is 67.8 Å². The van der Waals surface area contributed by atoms with Crippen LogP contribution in [0.15, 0.2) is 30.7 Å². The van der Waals surface area contributed by atoms with Crippen LogP contribution in [0, 0.1) is 6.92 Å². The van der Waals surface area contributed by atoms with Gasteiger partial charge in [-0.05, 0) is 18.6 Å². The number of rotatable bonds is 2. The SMILES string of the molecule is Cc1cccnc1C(=O)Nc1cc(Cl)ncn1. The molecule has 0 saturated carbocycles. The third kappa shape index (κ3) is 2.76. The highest BCUT2D eigenvalue weighted by atomic mass is 35.5. The van der Waals surface area contributed by atoms with Gasteiger partial charge in [-0.1, -0.05) is 17.7 Å². The molecule has 2 rings (SSSR count). The number of aromatic nitrogens is 3. The van der Waals surface area contributed by atoms with Crippen LogP contribution < -0.4 is 5.32 Å². The molecule has 2 heterocycles. The molecule has 0 aliphatic rings. The Morgan fingerprint density at radius 2 is 2.18 bits per heavy atom. The van der Waals surface area contributed by atoms with E-state index in [9.17, 15) is 4.79 Å². The van der Waals surface area contributed by atoms with Gasteiger partial charge in [-0.25, -0.2) is 9.97 Å². The zero-order chi connectivity index (χ0) is 12.3. The third-order valence-electron chi connectivity index (χ3n) is 2.10. The highest BCUT2D eigenvalue weighted by molar-refractivity contribution is 6.29. The first kappa shape index (κ1) is 11.5. The van der Waals surface area contributed by atoms with Crippen LogP contribution in [-0.4, -0.2) is 20.9 Å². The number of hydrogen-bond acceptors (Lipinski definition) is 4. The molecule has 2 aromatic rings. The maximum absolute atomic E-state index is 11.9. The lowest BCUT2D eigenvalue weighted by Crippen LogP contribution is -2.15. The van der Waals surface area contributed by atoms with Crippen LogP contribution in [0.2, 0.25) is 5.15 Å². The fourth-order valence-corrected chi connectivity index (χ4v) is 1.45. The lowest BCUT2D eigenvalue weighted by molar-refractivity contribution is 0.102. The molecule has 2 aromatic heterocycles. The minimum absolute atomic E-state index is 0.271. The van der Waals surface area contributed by atoms with Gasteiger partial charge in [0.05, 0.1) is 0 Å². The van der Waals surface area contributed by atoms with Gasteiger partial charge in [0.1, 0.15) is 23.0 Å². The fourth-order valence-electron chi connectivity index (χ4n) is 1.30. The van der Waals surface area contributed by atoms with Crippen molar-refractivity contribution < 1.29 is 4.79 Å². The smallest absolute Gasteiger partial charge is 0.275 e. The summed E-state index contributed by atoms with van der Waals surface area (Å²) in [5, 5.41) is 2.87. The van der Waals surface area contributed by atoms with Gasteiger partial charge in [0.15, 0.2) is 0 Å². The Labute approximate surface area is 103 Å². The van der Waals surface area contributed by atoms with Crippen LogP contribution in [0.5, 0.6) is 0 Å². The van der Waals surface area contributed by atoms with E-state index >= 15 is 0 Å². The standard InChI is InChI=1S/C11H9ClN4O/c1-7-3-2-4-13-10(7)11(17)16-9-5-8(12)14-6-15-9/h2-6H,1H3,(H,14,15,16,17). The predicted molar refractivity (Wildman–Crippen MR) is 64.0 cm³/mol. The van der Waals surface area contributed by atoms with Crippen molar-refractivity contribution in [3.8, 4) is 0 Å². The molecule has 0 aliphatic carbocycles. The second-order valence-electron chi connectivity index (χ2n) is 3.35. The molecule has 0 aliphatic heterocycles. The molecule has 0 unspecified atom stereocenters. The maximum Gasteiger partial charge on any atom is 0.275 e. The molecule has 0 bridgehead atoms. The minimum Gasteiger partial charge on any atom is -0.305 e. The lowest BCUT2D eigenvalue weighted by Gasteiger charge is -2.05. The van der Waals surface area contributed by atoms with Crippen molar-refractivity contribution in [3.05, 3.63) is 47.1 Å². The Hall–Kier alpha value is -2.01. The third-order valence-corrected chi connectivity index (χ3v) is 2.31. The van der Waals surface area contributed by atoms with E-state index in [-0.39, 0.29) is 11.1 Å². The van der Waals surface area contributed by atoms with Crippen LogP contribution in [-0.2, 0) is 0 Å². The highest BCUT2D eigenvalue weighted by Gasteiger charge is 2.10. The van der Waals surface area contributed by atoms with Gasteiger partial charge in [0.25, 0.3) is 5.91 Å². The number of aryl methyl sites for hydroxylation is 1. The molecule has 17 heavy (non-hydrogen) atoms. The van der Waals surface area contributed by atoms with Gasteiger partial charge in [0, 0.05) is 12.3 Å². The van der Waals surface area contributed by atoms with Crippen molar-refractivity contribution in [1.29, 1.82) is 0 Å². The second kappa shape index (κ2) is 4.88. The number of halogens is 1. The molecule has 1 amide bonds. The van der Waals surface area contributed by atoms with Crippen LogP contribution in [0.1, 0.15) is 16.1 Å². The van der Waals surface area contributed by atoms with E-state index < -0.39 is 0 Å². The van der Waals surface area contributed by atoms with Crippen molar-refractivity contribution >= 4 is 23.3 Å². The van der Waals surface area contributed by atoms with E-state index in [1.54, 1.807) is 12.3 Å². The van der Waals surface area contributed by atoms with Crippen molar-refractivity contribution in [3.63, 3.8) is 0 Å². The second-order valence-corrected chi connectivity index (χ2v) is 3.74. The number of carbonyl (C=O) groups excluding carboxylic acids is 1. The fraction of sp³-hybridized carbons (Fsp3) is 0.0909. The quantitative estimate of drug-likeness (QED) is 0.827. The molecular formula is C11H9ClN4O. The van der Waals surface area contributed by atoms with Crippen molar-refractivity contribution in [1.82, 2.24) is 15.0 Å². The van der Waals surface area contributed by atoms with Crippen molar-refractivity contribution in [2.75, 3.05) is 5.32 Å². The Bertz CT molecular complexity index is 559. The first-order chi connectivity index (χ1) is 8.16. The average molecular weight is 249 g/mol. The van der Waals surface area contributed by atoms with Gasteiger partial charge in [0.2, 0.25) is 0 Å². The molecule has 0 saturated heterocycles. The van der Waals surface area contributed by atoms with E-state index in [4.69, 9.17) is 11.6 Å². The molecular weight excluding hydrogens is 240 g/mol. The van der Waals surface area contributed by atoms with Crippen LogP contribution >= 0.6 is 11.6 Å². The van der Waals surface area contributed by atoms with E-state index in [0.29, 0.717) is 11.5 Å². The lowest BCUT2D eigenvalue weighted by atomic mass is 10.2. The predicted octanol–water partition coefficient (Wildman–Crippen LogP) is 2.09. The maximum atomic E-state index is 11.9. The van der Waals surface area contributed by atoms with Gasteiger partial charge in [-0.15, -0.1) is 0 Å². The molecule has 0 radical (unpaired) electrons.